The van der Waals surface area contributed by atoms with Gasteiger partial charge in [0.05, 0.1) is 53.9 Å². The first-order valence-corrected chi connectivity index (χ1v) is 17.4. The summed E-state index contributed by atoms with van der Waals surface area (Å²) < 4.78 is 30.7. The van der Waals surface area contributed by atoms with E-state index in [1.165, 1.54) is 6.08 Å². The predicted molar refractivity (Wildman–Crippen MR) is 194 cm³/mol. The van der Waals surface area contributed by atoms with E-state index in [0.717, 1.165) is 24.8 Å². The third-order valence-electron chi connectivity index (χ3n) is 10.5. The van der Waals surface area contributed by atoms with Crippen LogP contribution in [0.4, 0.5) is 4.39 Å². The molecular weight excluding hydrogens is 645 g/mol. The number of aryl methyl sites for hydroxylation is 1. The van der Waals surface area contributed by atoms with E-state index >= 15 is 4.39 Å². The van der Waals surface area contributed by atoms with Gasteiger partial charge in [0.2, 0.25) is 11.8 Å². The van der Waals surface area contributed by atoms with Gasteiger partial charge in [-0.25, -0.2) is 9.37 Å². The maximum atomic E-state index is 17.3. The molecule has 0 bridgehead atoms. The lowest BCUT2D eigenvalue weighted by molar-refractivity contribution is -0.130. The van der Waals surface area contributed by atoms with E-state index in [-0.39, 0.29) is 36.0 Å². The van der Waals surface area contributed by atoms with E-state index in [1.807, 2.05) is 48.0 Å². The highest BCUT2D eigenvalue weighted by Crippen LogP contribution is 2.42. The first-order valence-electron chi connectivity index (χ1n) is 17.4. The summed E-state index contributed by atoms with van der Waals surface area (Å²) in [6.07, 6.45) is 8.29. The highest BCUT2D eigenvalue weighted by molar-refractivity contribution is 6.09. The number of likely N-dealkylation sites (tertiary alicyclic amines) is 2. The first-order chi connectivity index (χ1) is 24.8. The Morgan fingerprint density at radius 3 is 2.69 bits per heavy atom. The van der Waals surface area contributed by atoms with Gasteiger partial charge in [0.15, 0.2) is 5.82 Å². The van der Waals surface area contributed by atoms with E-state index in [9.17, 15) is 15.3 Å². The molecule has 0 aliphatic carbocycles. The van der Waals surface area contributed by atoms with E-state index in [2.05, 4.69) is 24.1 Å². The van der Waals surface area contributed by atoms with Crippen molar-refractivity contribution in [1.29, 1.82) is 10.5 Å². The summed E-state index contributed by atoms with van der Waals surface area (Å²) in [6.45, 7) is 4.04. The van der Waals surface area contributed by atoms with Gasteiger partial charge in [-0.3, -0.25) is 9.48 Å². The van der Waals surface area contributed by atoms with Crippen molar-refractivity contribution in [3.05, 3.63) is 77.8 Å². The van der Waals surface area contributed by atoms with Crippen molar-refractivity contribution in [3.63, 3.8) is 0 Å². The number of likely N-dealkylation sites (N-methyl/N-ethyl adjacent to an activating group) is 1. The van der Waals surface area contributed by atoms with Crippen LogP contribution in [0.1, 0.15) is 49.3 Å². The second kappa shape index (κ2) is 14.5. The van der Waals surface area contributed by atoms with Crippen LogP contribution < -0.4 is 4.74 Å². The number of nitriles is 2. The zero-order valence-electron chi connectivity index (χ0n) is 29.1. The molecule has 11 heteroatoms. The minimum absolute atomic E-state index is 0.156. The lowest BCUT2D eigenvalue weighted by Crippen LogP contribution is -2.46. The topological polar surface area (TPSA) is 120 Å². The molecule has 0 saturated carbocycles. The van der Waals surface area contributed by atoms with Crippen molar-refractivity contribution in [2.45, 2.75) is 57.2 Å². The second-order valence-electron chi connectivity index (χ2n) is 13.5. The molecule has 4 heterocycles. The minimum Gasteiger partial charge on any atom is -0.475 e. The molecule has 3 atom stereocenters. The number of piperidine rings is 1. The molecule has 0 spiro atoms. The summed E-state index contributed by atoms with van der Waals surface area (Å²) in [6, 6.07) is 17.4. The van der Waals surface area contributed by atoms with Gasteiger partial charge in [0, 0.05) is 48.2 Å². The Morgan fingerprint density at radius 1 is 1.12 bits per heavy atom. The fourth-order valence-corrected chi connectivity index (χ4v) is 7.91. The van der Waals surface area contributed by atoms with Crippen LogP contribution in [0.2, 0.25) is 0 Å². The summed E-state index contributed by atoms with van der Waals surface area (Å²) in [5.41, 5.74) is 3.05. The lowest BCUT2D eigenvalue weighted by Gasteiger charge is -2.38. The Kier molecular flexibility index (Phi) is 9.68. The van der Waals surface area contributed by atoms with Crippen LogP contribution in [0.5, 0.6) is 5.88 Å². The van der Waals surface area contributed by atoms with Crippen LogP contribution >= 0.6 is 0 Å². The fraction of sp³-hybridized carbons (Fsp3) is 0.375. The van der Waals surface area contributed by atoms with Gasteiger partial charge in [0.1, 0.15) is 12.1 Å². The predicted octanol–water partition coefficient (Wildman–Crippen LogP) is 6.85. The fourth-order valence-electron chi connectivity index (χ4n) is 7.91. The van der Waals surface area contributed by atoms with Crippen LogP contribution in [-0.2, 0) is 9.53 Å². The Bertz CT molecular complexity index is 2250. The van der Waals surface area contributed by atoms with Crippen molar-refractivity contribution in [2.24, 2.45) is 0 Å². The number of fused-ring (bicyclic) bond motifs is 4. The lowest BCUT2D eigenvalue weighted by atomic mass is 9.90. The third-order valence-corrected chi connectivity index (χ3v) is 10.5. The monoisotopic (exact) mass is 685 g/mol. The van der Waals surface area contributed by atoms with Gasteiger partial charge in [-0.05, 0) is 74.8 Å². The summed E-state index contributed by atoms with van der Waals surface area (Å²) in [5, 5.41) is 27.4. The largest absolute Gasteiger partial charge is 0.475 e. The summed E-state index contributed by atoms with van der Waals surface area (Å²) in [4.78, 5) is 22.0. The number of halogens is 1. The zero-order chi connectivity index (χ0) is 35.6. The molecular formula is C40H40FN7O3. The Morgan fingerprint density at radius 2 is 1.94 bits per heavy atom. The molecule has 2 aromatic heterocycles. The van der Waals surface area contributed by atoms with E-state index in [1.54, 1.807) is 30.3 Å². The quantitative estimate of drug-likeness (QED) is 0.155. The number of carbonyl (C=O) groups is 1. The number of rotatable bonds is 9. The summed E-state index contributed by atoms with van der Waals surface area (Å²) >= 11 is 0. The average Bonchev–Trinajstić information content (AvgIpc) is 3.77. The minimum atomic E-state index is -0.492. The molecule has 10 nitrogen and oxygen atoms in total. The number of nitrogens with zero attached hydrogens (tertiary/aromatic N) is 7. The van der Waals surface area contributed by atoms with Crippen LogP contribution in [-0.4, -0.2) is 83.0 Å². The Labute approximate surface area is 296 Å². The number of pyridine rings is 1. The molecule has 2 fully saturated rings. The normalized spacial score (nSPS) is 19.6. The van der Waals surface area contributed by atoms with Crippen molar-refractivity contribution in [3.8, 4) is 29.1 Å². The number of carbonyl (C=O) groups excluding carboxylic acids is 1. The molecule has 1 amide bonds. The molecule has 2 saturated heterocycles. The summed E-state index contributed by atoms with van der Waals surface area (Å²) in [7, 11) is 3.65. The number of hydrogen-bond acceptors (Lipinski definition) is 8. The molecule has 2 aliphatic heterocycles. The number of benzene rings is 3. The highest BCUT2D eigenvalue weighted by atomic mass is 19.1. The zero-order valence-corrected chi connectivity index (χ0v) is 29.1. The van der Waals surface area contributed by atoms with Crippen molar-refractivity contribution < 1.29 is 18.7 Å². The molecule has 1 unspecified atom stereocenters. The molecule has 3 aromatic carbocycles. The maximum Gasteiger partial charge on any atom is 0.246 e. The van der Waals surface area contributed by atoms with Crippen LogP contribution in [0, 0.1) is 35.4 Å². The number of aromatic nitrogens is 3. The molecule has 2 aliphatic rings. The van der Waals surface area contributed by atoms with Gasteiger partial charge >= 0.3 is 0 Å². The van der Waals surface area contributed by atoms with Gasteiger partial charge in [0.25, 0.3) is 0 Å². The first kappa shape index (κ1) is 34.1. The third kappa shape index (κ3) is 6.28. The summed E-state index contributed by atoms with van der Waals surface area (Å²) in [5.74, 6) is -0.331. The van der Waals surface area contributed by atoms with E-state index in [0.29, 0.717) is 82.4 Å². The van der Waals surface area contributed by atoms with Crippen molar-refractivity contribution in [2.75, 3.05) is 40.5 Å². The van der Waals surface area contributed by atoms with E-state index in [4.69, 9.17) is 19.6 Å². The average molecular weight is 686 g/mol. The number of methoxy groups -OCH3 is 1. The Hall–Kier alpha value is -5.36. The van der Waals surface area contributed by atoms with Gasteiger partial charge in [-0.2, -0.15) is 15.6 Å². The molecule has 260 valence electrons. The number of ether oxygens (including phenoxy) is 2. The smallest absolute Gasteiger partial charge is 0.246 e. The molecule has 5 aromatic rings. The maximum absolute atomic E-state index is 17.3. The second-order valence-corrected chi connectivity index (χ2v) is 13.5. The highest BCUT2D eigenvalue weighted by Gasteiger charge is 2.34. The SMILES string of the molecule is COC/C=C/C(=O)N1CC[C@H](n2ncc3c(OCC4CCCN4C)nc4c(F)c(-c5cccc6cccc(C#N)c56)c(C)cc4c32)C[C@H]1CC#N. The number of amides is 1. The van der Waals surface area contributed by atoms with Crippen molar-refractivity contribution in [1.82, 2.24) is 24.6 Å². The molecule has 51 heavy (non-hydrogen) atoms. The van der Waals surface area contributed by atoms with Gasteiger partial charge in [-0.1, -0.05) is 36.4 Å². The van der Waals surface area contributed by atoms with Gasteiger partial charge in [-0.15, -0.1) is 0 Å². The van der Waals surface area contributed by atoms with Crippen LogP contribution in [0.3, 0.4) is 0 Å². The van der Waals surface area contributed by atoms with Gasteiger partial charge < -0.3 is 19.3 Å². The van der Waals surface area contributed by atoms with E-state index < -0.39 is 5.82 Å². The molecule has 0 radical (unpaired) electrons. The van der Waals surface area contributed by atoms with Crippen LogP contribution in [0.15, 0.2) is 60.8 Å². The number of hydrogen-bond donors (Lipinski definition) is 0. The standard InChI is InChI=1S/C40H40FN7O3/c1-25-20-32-38(37(41)35(25)31-12-5-9-26-8-4-10-27(22-43)36(26)31)45-40(51-24-30-11-6-17-46(30)2)33-23-44-48(39(32)33)29-15-18-47(28(21-29)14-16-42)34(49)13-7-19-50-3/h4-5,7-10,12-13,20,23,28-30H,6,11,14-15,17-19,21,24H2,1-3H3/b13-7+/t28-,29+,30?/m1/s1. The Balaban J connectivity index is 1.37. The van der Waals surface area contributed by atoms with Crippen molar-refractivity contribution >= 4 is 38.5 Å². The molecule has 7 rings (SSSR count). The molecule has 0 N–H and O–H groups in total. The van der Waals surface area contributed by atoms with Crippen LogP contribution in [0.25, 0.3) is 43.7 Å².